The summed E-state index contributed by atoms with van der Waals surface area (Å²) in [6.45, 7) is 1.48. The van der Waals surface area contributed by atoms with Crippen LogP contribution in [0.25, 0.3) is 0 Å². The number of rotatable bonds is 2. The van der Waals surface area contributed by atoms with Crippen molar-refractivity contribution in [2.45, 2.75) is 19.1 Å². The molecule has 1 aromatic rings. The first kappa shape index (κ1) is 11.7. The number of aliphatic hydroxyl groups excluding tert-OH is 1. The van der Waals surface area contributed by atoms with Crippen LogP contribution in [0.4, 0.5) is 4.39 Å². The first-order valence-electron chi connectivity index (χ1n) is 3.88. The lowest BCUT2D eigenvalue weighted by molar-refractivity contribution is 0.164. The quantitative estimate of drug-likeness (QED) is 0.775. The smallest absolute Gasteiger partial charge is 0.166 e. The van der Waals surface area contributed by atoms with Gasteiger partial charge in [-0.1, -0.05) is 23.2 Å². The fourth-order valence-corrected chi connectivity index (χ4v) is 1.40. The highest BCUT2D eigenvalue weighted by Gasteiger charge is 2.18. The minimum atomic E-state index is -0.838. The summed E-state index contributed by atoms with van der Waals surface area (Å²) in [6, 6.07) is 0.302. The number of nitrogens with zero attached hydrogens (tertiary/aromatic N) is 1. The van der Waals surface area contributed by atoms with Gasteiger partial charge in [-0.2, -0.15) is 0 Å². The third-order valence-corrected chi connectivity index (χ3v) is 2.36. The SMILES string of the molecule is C[C@@H](O)[C@H](N)c1cc(F)c(Cl)nc1Cl. The van der Waals surface area contributed by atoms with E-state index in [-0.39, 0.29) is 15.9 Å². The molecule has 0 spiro atoms. The van der Waals surface area contributed by atoms with E-state index in [9.17, 15) is 9.50 Å². The zero-order chi connectivity index (χ0) is 10.9. The maximum atomic E-state index is 13.0. The summed E-state index contributed by atoms with van der Waals surface area (Å²) in [5.41, 5.74) is 5.81. The van der Waals surface area contributed by atoms with E-state index >= 15 is 0 Å². The molecule has 0 bridgehead atoms. The Morgan fingerprint density at radius 3 is 2.57 bits per heavy atom. The third kappa shape index (κ3) is 2.33. The first-order valence-corrected chi connectivity index (χ1v) is 4.64. The van der Waals surface area contributed by atoms with Crippen LogP contribution in [-0.4, -0.2) is 16.2 Å². The number of hydrogen-bond donors (Lipinski definition) is 2. The summed E-state index contributed by atoms with van der Waals surface area (Å²) in [6.07, 6.45) is -0.838. The number of halogens is 3. The summed E-state index contributed by atoms with van der Waals surface area (Å²) in [5.74, 6) is -0.706. The van der Waals surface area contributed by atoms with Crippen LogP contribution in [0, 0.1) is 5.82 Å². The fraction of sp³-hybridized carbons (Fsp3) is 0.375. The molecule has 14 heavy (non-hydrogen) atoms. The molecule has 0 aromatic carbocycles. The van der Waals surface area contributed by atoms with Crippen molar-refractivity contribution in [1.82, 2.24) is 4.98 Å². The van der Waals surface area contributed by atoms with Crippen LogP contribution < -0.4 is 5.73 Å². The molecule has 2 atom stereocenters. The van der Waals surface area contributed by atoms with Crippen molar-refractivity contribution in [3.05, 3.63) is 27.8 Å². The van der Waals surface area contributed by atoms with Gasteiger partial charge >= 0.3 is 0 Å². The Morgan fingerprint density at radius 2 is 2.07 bits per heavy atom. The van der Waals surface area contributed by atoms with Gasteiger partial charge in [-0.3, -0.25) is 0 Å². The van der Waals surface area contributed by atoms with E-state index in [0.29, 0.717) is 0 Å². The van der Waals surface area contributed by atoms with Crippen LogP contribution in [0.1, 0.15) is 18.5 Å². The molecular formula is C8H9Cl2FN2O. The van der Waals surface area contributed by atoms with E-state index < -0.39 is 18.0 Å². The van der Waals surface area contributed by atoms with Gasteiger partial charge in [0, 0.05) is 5.56 Å². The minimum absolute atomic E-state index is 0.00444. The molecule has 6 heteroatoms. The first-order chi connectivity index (χ1) is 6.43. The monoisotopic (exact) mass is 238 g/mol. The number of pyridine rings is 1. The van der Waals surface area contributed by atoms with Gasteiger partial charge in [0.2, 0.25) is 0 Å². The van der Waals surface area contributed by atoms with Gasteiger partial charge in [0.1, 0.15) is 5.15 Å². The topological polar surface area (TPSA) is 59.1 Å². The van der Waals surface area contributed by atoms with E-state index in [0.717, 1.165) is 6.07 Å². The number of aliphatic hydroxyl groups is 1. The normalized spacial score (nSPS) is 15.3. The average Bonchev–Trinajstić information content (AvgIpc) is 2.10. The summed E-state index contributed by atoms with van der Waals surface area (Å²) in [7, 11) is 0. The second kappa shape index (κ2) is 4.40. The molecule has 3 N–H and O–H groups in total. The predicted octanol–water partition coefficient (Wildman–Crippen LogP) is 1.91. The number of nitrogens with two attached hydrogens (primary N) is 1. The number of aromatic nitrogens is 1. The highest BCUT2D eigenvalue weighted by atomic mass is 35.5. The van der Waals surface area contributed by atoms with E-state index in [1.54, 1.807) is 0 Å². The third-order valence-electron chi connectivity index (χ3n) is 1.79. The molecule has 0 aliphatic heterocycles. The molecule has 0 saturated heterocycles. The van der Waals surface area contributed by atoms with Gasteiger partial charge in [0.15, 0.2) is 11.0 Å². The fourth-order valence-electron chi connectivity index (χ4n) is 0.953. The standard InChI is InChI=1S/C8H9Cl2FN2O/c1-3(14)6(12)4-2-5(11)8(10)13-7(4)9/h2-3,6,14H,12H2,1H3/t3-,6+/m1/s1. The molecule has 1 aromatic heterocycles. The molecule has 0 aliphatic rings. The summed E-state index contributed by atoms with van der Waals surface area (Å²) >= 11 is 11.1. The lowest BCUT2D eigenvalue weighted by Crippen LogP contribution is -2.24. The van der Waals surface area contributed by atoms with Crippen molar-refractivity contribution >= 4 is 23.2 Å². The van der Waals surface area contributed by atoms with E-state index in [4.69, 9.17) is 28.9 Å². The van der Waals surface area contributed by atoms with Crippen LogP contribution in [0.5, 0.6) is 0 Å². The van der Waals surface area contributed by atoms with Crippen LogP contribution in [-0.2, 0) is 0 Å². The van der Waals surface area contributed by atoms with Gasteiger partial charge in [-0.15, -0.1) is 0 Å². The van der Waals surface area contributed by atoms with Crippen molar-refractivity contribution in [2.24, 2.45) is 5.73 Å². The lowest BCUT2D eigenvalue weighted by Gasteiger charge is -2.16. The summed E-state index contributed by atoms with van der Waals surface area (Å²) < 4.78 is 13.0. The van der Waals surface area contributed by atoms with Gasteiger partial charge in [-0.25, -0.2) is 9.37 Å². The molecule has 0 radical (unpaired) electrons. The molecule has 1 heterocycles. The Labute approximate surface area is 90.7 Å². The van der Waals surface area contributed by atoms with E-state index in [1.807, 2.05) is 0 Å². The average molecular weight is 239 g/mol. The predicted molar refractivity (Wildman–Crippen MR) is 52.8 cm³/mol. The molecule has 1 rings (SSSR count). The molecule has 78 valence electrons. The van der Waals surface area contributed by atoms with Crippen molar-refractivity contribution in [3.63, 3.8) is 0 Å². The van der Waals surface area contributed by atoms with Gasteiger partial charge in [0.05, 0.1) is 12.1 Å². The van der Waals surface area contributed by atoms with Crippen LogP contribution in [0.15, 0.2) is 6.07 Å². The van der Waals surface area contributed by atoms with Crippen molar-refractivity contribution in [3.8, 4) is 0 Å². The minimum Gasteiger partial charge on any atom is -0.391 e. The Bertz CT molecular complexity index is 346. The Hall–Kier alpha value is -0.420. The highest BCUT2D eigenvalue weighted by Crippen LogP contribution is 2.25. The van der Waals surface area contributed by atoms with Crippen LogP contribution in [0.2, 0.25) is 10.3 Å². The van der Waals surface area contributed by atoms with Crippen molar-refractivity contribution in [1.29, 1.82) is 0 Å². The second-order valence-corrected chi connectivity index (χ2v) is 3.62. The molecule has 0 amide bonds. The molecule has 3 nitrogen and oxygen atoms in total. The summed E-state index contributed by atoms with van der Waals surface area (Å²) in [5, 5.41) is 8.89. The van der Waals surface area contributed by atoms with Crippen molar-refractivity contribution in [2.75, 3.05) is 0 Å². The van der Waals surface area contributed by atoms with Crippen molar-refractivity contribution < 1.29 is 9.50 Å². The maximum absolute atomic E-state index is 13.0. The van der Waals surface area contributed by atoms with Crippen LogP contribution in [0.3, 0.4) is 0 Å². The zero-order valence-corrected chi connectivity index (χ0v) is 8.85. The Morgan fingerprint density at radius 1 is 1.50 bits per heavy atom. The van der Waals surface area contributed by atoms with E-state index in [2.05, 4.69) is 4.98 Å². The van der Waals surface area contributed by atoms with Gasteiger partial charge < -0.3 is 10.8 Å². The van der Waals surface area contributed by atoms with Gasteiger partial charge in [0.25, 0.3) is 0 Å². The highest BCUT2D eigenvalue weighted by molar-refractivity contribution is 6.33. The maximum Gasteiger partial charge on any atom is 0.166 e. The molecule has 0 aliphatic carbocycles. The second-order valence-electron chi connectivity index (χ2n) is 2.91. The summed E-state index contributed by atoms with van der Waals surface area (Å²) in [4.78, 5) is 3.54. The largest absolute Gasteiger partial charge is 0.391 e. The van der Waals surface area contributed by atoms with E-state index in [1.165, 1.54) is 6.92 Å². The van der Waals surface area contributed by atoms with Gasteiger partial charge in [-0.05, 0) is 13.0 Å². The molecular weight excluding hydrogens is 230 g/mol. The zero-order valence-electron chi connectivity index (χ0n) is 7.34. The number of hydrogen-bond acceptors (Lipinski definition) is 3. The Kier molecular flexibility index (Phi) is 3.66. The van der Waals surface area contributed by atoms with Crippen LogP contribution >= 0.6 is 23.2 Å². The molecule has 0 fully saturated rings. The molecule has 0 saturated carbocycles. The lowest BCUT2D eigenvalue weighted by atomic mass is 10.1. The molecule has 0 unspecified atom stereocenters. The Balaban J connectivity index is 3.15.